The number of rotatable bonds is 14. The summed E-state index contributed by atoms with van der Waals surface area (Å²) in [6, 6.07) is 0. The van der Waals surface area contributed by atoms with Crippen LogP contribution in [0.1, 0.15) is 79.1 Å². The lowest BCUT2D eigenvalue weighted by atomic mass is 10.1. The number of hydrogen-bond acceptors (Lipinski definition) is 4. The summed E-state index contributed by atoms with van der Waals surface area (Å²) in [5.41, 5.74) is -12.4. The molecule has 0 saturated heterocycles. The second-order valence-corrected chi connectivity index (χ2v) is 11.0. The largest absolute Gasteiger partial charge is 0.480 e. The third kappa shape index (κ3) is 12.6. The fourth-order valence-corrected chi connectivity index (χ4v) is 4.91. The molecule has 0 fully saturated rings. The Kier molecular flexibility index (Phi) is 15.3. The van der Waals surface area contributed by atoms with Gasteiger partial charge < -0.3 is 8.61 Å². The van der Waals surface area contributed by atoms with Crippen LogP contribution in [0.2, 0.25) is 0 Å². The molecule has 0 bridgehead atoms. The first-order valence-corrected chi connectivity index (χ1v) is 13.5. The molecule has 14 heteroatoms. The zero-order chi connectivity index (χ0) is 25.7. The Hall–Kier alpha value is -0.600. The Morgan fingerprint density at radius 1 is 0.562 bits per heavy atom. The summed E-state index contributed by atoms with van der Waals surface area (Å²) >= 11 is 0. The van der Waals surface area contributed by atoms with Crippen molar-refractivity contribution in [3.63, 3.8) is 0 Å². The topological polar surface area (TPSA) is 82.4 Å². The van der Waals surface area contributed by atoms with Crippen LogP contribution in [-0.2, 0) is 20.0 Å². The van der Waals surface area contributed by atoms with Crippen LogP contribution >= 0.6 is 0 Å². The van der Waals surface area contributed by atoms with E-state index in [1.54, 1.807) is 0 Å². The second-order valence-electron chi connectivity index (χ2n) is 7.57. The molecule has 0 radical (unpaired) electrons. The van der Waals surface area contributed by atoms with Crippen LogP contribution in [0.3, 0.4) is 0 Å². The molecule has 0 spiro atoms. The van der Waals surface area contributed by atoms with E-state index < -0.39 is 31.1 Å². The number of alkyl halides is 6. The van der Waals surface area contributed by atoms with Crippen molar-refractivity contribution in [3.8, 4) is 0 Å². The molecule has 0 aromatic heterocycles. The number of hydrogen-bond donors (Lipinski definition) is 0. The summed E-state index contributed by atoms with van der Waals surface area (Å²) < 4.78 is 111. The lowest BCUT2D eigenvalue weighted by molar-refractivity contribution is -0.928. The van der Waals surface area contributed by atoms with Gasteiger partial charge in [0.1, 0.15) is 0 Å². The van der Waals surface area contributed by atoms with Gasteiger partial charge in [0, 0.05) is 0 Å². The predicted molar refractivity (Wildman–Crippen MR) is 113 cm³/mol. The first-order chi connectivity index (χ1) is 14.4. The van der Waals surface area contributed by atoms with Gasteiger partial charge in [-0.1, -0.05) is 47.0 Å². The van der Waals surface area contributed by atoms with Crippen LogP contribution in [0.5, 0.6) is 0 Å². The van der Waals surface area contributed by atoms with Crippen LogP contribution in [-0.4, -0.2) is 58.5 Å². The van der Waals surface area contributed by atoms with E-state index in [4.69, 9.17) is 0 Å². The van der Waals surface area contributed by atoms with E-state index in [-0.39, 0.29) is 0 Å². The molecule has 6 nitrogen and oxygen atoms in total. The second kappa shape index (κ2) is 14.6. The highest BCUT2D eigenvalue weighted by Crippen LogP contribution is 2.36. The van der Waals surface area contributed by atoms with Crippen molar-refractivity contribution >= 4 is 20.0 Å². The van der Waals surface area contributed by atoms with Gasteiger partial charge in [0.15, 0.2) is 20.0 Å². The lowest BCUT2D eigenvalue weighted by Crippen LogP contribution is -2.50. The van der Waals surface area contributed by atoms with Crippen molar-refractivity contribution < 1.29 is 47.7 Å². The highest BCUT2D eigenvalue weighted by Gasteiger charge is 2.46. The van der Waals surface area contributed by atoms with Gasteiger partial charge in [-0.25, -0.2) is 16.8 Å². The maximum Gasteiger partial charge on any atom is 0.480 e. The average Bonchev–Trinajstić information content (AvgIpc) is 2.62. The molecule has 0 aromatic carbocycles. The summed E-state index contributed by atoms with van der Waals surface area (Å²) in [5.74, 6) is 0. The molecule has 0 aliphatic heterocycles. The lowest BCUT2D eigenvalue weighted by Gasteiger charge is -2.39. The van der Waals surface area contributed by atoms with Crippen molar-refractivity contribution in [2.45, 2.75) is 90.1 Å². The normalized spacial score (nSPS) is 13.6. The van der Waals surface area contributed by atoms with E-state index >= 15 is 0 Å². The average molecular weight is 523 g/mol. The first-order valence-electron chi connectivity index (χ1n) is 10.7. The number of halogens is 6. The van der Waals surface area contributed by atoms with Gasteiger partial charge in [0.2, 0.25) is 0 Å². The Balaban J connectivity index is 0. The summed E-state index contributed by atoms with van der Waals surface area (Å²) in [7, 11) is -13.4. The molecule has 0 atom stereocenters. The molecule has 0 heterocycles. The van der Waals surface area contributed by atoms with Crippen LogP contribution in [0, 0.1) is 0 Å². The van der Waals surface area contributed by atoms with E-state index in [9.17, 15) is 43.2 Å². The van der Waals surface area contributed by atoms with E-state index in [0.29, 0.717) is 0 Å². The maximum absolute atomic E-state index is 11.4. The Labute approximate surface area is 188 Å². The van der Waals surface area contributed by atoms with Gasteiger partial charge in [-0.15, -0.1) is 0 Å². The molecule has 196 valence electrons. The minimum atomic E-state index is -6.72. The fourth-order valence-electron chi connectivity index (χ4n) is 3.20. The van der Waals surface area contributed by atoms with Gasteiger partial charge >= 0.3 is 11.0 Å². The zero-order valence-corrected chi connectivity index (χ0v) is 20.7. The highest BCUT2D eigenvalue weighted by atomic mass is 32.3. The van der Waals surface area contributed by atoms with Gasteiger partial charge in [-0.2, -0.15) is 26.3 Å². The minimum absolute atomic E-state index is 0.778. The monoisotopic (exact) mass is 522 g/mol. The van der Waals surface area contributed by atoms with Crippen molar-refractivity contribution in [2.75, 3.05) is 26.2 Å². The van der Waals surface area contributed by atoms with Crippen molar-refractivity contribution in [2.24, 2.45) is 0 Å². The van der Waals surface area contributed by atoms with Crippen molar-refractivity contribution in [3.05, 3.63) is 4.13 Å². The molecule has 0 N–H and O–H groups in total. The molecule has 0 rings (SSSR count). The first kappa shape index (κ1) is 33.6. The fraction of sp³-hybridized carbons (Fsp3) is 1.00. The predicted octanol–water partition coefficient (Wildman–Crippen LogP) is 6.06. The van der Waals surface area contributed by atoms with E-state index in [2.05, 4.69) is 27.7 Å². The molecule has 0 aliphatic rings. The smallest absolute Gasteiger partial charge is 0.421 e. The summed E-state index contributed by atoms with van der Waals surface area (Å²) in [6.45, 7) is 15.0. The highest BCUT2D eigenvalue weighted by molar-refractivity contribution is 8.13. The molecule has 0 saturated carbocycles. The zero-order valence-electron chi connectivity index (χ0n) is 19.1. The van der Waals surface area contributed by atoms with Crippen LogP contribution in [0.4, 0.5) is 26.3 Å². The molecule has 0 aliphatic carbocycles. The molecular weight excluding hydrogens is 486 g/mol. The van der Waals surface area contributed by atoms with Gasteiger partial charge in [-0.3, -0.25) is 0 Å². The number of sulfonamides is 2. The summed E-state index contributed by atoms with van der Waals surface area (Å²) in [4.78, 5) is 0. The van der Waals surface area contributed by atoms with E-state index in [1.165, 1.54) is 82.0 Å². The molecule has 0 amide bonds. The minimum Gasteiger partial charge on any atom is -0.421 e. The number of unbranched alkanes of at least 4 members (excludes halogenated alkanes) is 4. The van der Waals surface area contributed by atoms with Crippen LogP contribution < -0.4 is 0 Å². The third-order valence-electron chi connectivity index (χ3n) is 4.65. The number of quaternary nitrogens is 1. The van der Waals surface area contributed by atoms with Crippen LogP contribution in [0.25, 0.3) is 4.13 Å². The number of nitrogens with zero attached hydrogens (tertiary/aromatic N) is 2. The molecule has 32 heavy (non-hydrogen) atoms. The van der Waals surface area contributed by atoms with E-state index in [0.717, 1.165) is 4.13 Å². The van der Waals surface area contributed by atoms with Crippen molar-refractivity contribution in [1.82, 2.24) is 0 Å². The van der Waals surface area contributed by atoms with Gasteiger partial charge in [0.05, 0.1) is 26.2 Å². The third-order valence-corrected chi connectivity index (χ3v) is 7.39. The Morgan fingerprint density at radius 3 is 1.25 bits per heavy atom. The van der Waals surface area contributed by atoms with Gasteiger partial charge in [0.25, 0.3) is 0 Å². The molecule has 0 unspecified atom stereocenters. The molecule has 0 aromatic rings. The summed E-state index contributed by atoms with van der Waals surface area (Å²) in [5, 5.41) is 0. The maximum atomic E-state index is 11.4. The Bertz CT molecular complexity index is 660. The van der Waals surface area contributed by atoms with Gasteiger partial charge in [-0.05, 0) is 32.1 Å². The Morgan fingerprint density at radius 2 is 0.938 bits per heavy atom. The molecular formula is C18H36F6N2O4S2. The van der Waals surface area contributed by atoms with Crippen molar-refractivity contribution in [1.29, 1.82) is 0 Å². The summed E-state index contributed by atoms with van der Waals surface area (Å²) in [6.07, 6.45) is 11.1. The quantitative estimate of drug-likeness (QED) is 0.158. The standard InChI is InChI=1S/C16H36N.C2F6NO4S2/c1-5-9-11-12-16-17(13-7-3,14-8-4)15-10-6-2;3-1(4,5)14(10,11)9-15(12,13)2(6,7)8/h5-16H2,1-4H3;/q+1;-1. The van der Waals surface area contributed by atoms with E-state index in [1.807, 2.05) is 0 Å². The SMILES string of the molecule is CCCCCC[N+](CCC)(CCC)CCCC.O=S(=O)([N-]S(=O)(=O)C(F)(F)F)C(F)(F)F. The van der Waals surface area contributed by atoms with Crippen LogP contribution in [0.15, 0.2) is 0 Å².